The number of carbonyl (C=O) groups excluding carboxylic acids is 1. The van der Waals surface area contributed by atoms with Gasteiger partial charge in [0.05, 0.1) is 11.1 Å². The highest BCUT2D eigenvalue weighted by atomic mass is 35.5. The second-order valence-corrected chi connectivity index (χ2v) is 9.71. The highest BCUT2D eigenvalue weighted by Crippen LogP contribution is 2.35. The van der Waals surface area contributed by atoms with E-state index in [1.54, 1.807) is 6.20 Å². The van der Waals surface area contributed by atoms with Crippen LogP contribution in [-0.2, 0) is 0 Å². The van der Waals surface area contributed by atoms with Crippen LogP contribution in [0.25, 0.3) is 10.9 Å². The molecule has 4 nitrogen and oxygen atoms in total. The van der Waals surface area contributed by atoms with E-state index in [1.807, 2.05) is 68.1 Å². The second-order valence-electron chi connectivity index (χ2n) is 7.93. The summed E-state index contributed by atoms with van der Waals surface area (Å²) >= 11 is 7.93. The molecule has 0 aliphatic heterocycles. The number of anilines is 1. The number of rotatable bonds is 8. The van der Waals surface area contributed by atoms with Crippen molar-refractivity contribution >= 4 is 45.9 Å². The number of fused-ring (bicyclic) bond motifs is 1. The van der Waals surface area contributed by atoms with Crippen molar-refractivity contribution in [1.82, 2.24) is 10.3 Å². The Balaban J connectivity index is 0.00000149. The van der Waals surface area contributed by atoms with Gasteiger partial charge in [-0.3, -0.25) is 9.78 Å². The number of amides is 1. The van der Waals surface area contributed by atoms with Crippen LogP contribution < -0.4 is 10.6 Å². The van der Waals surface area contributed by atoms with Gasteiger partial charge >= 0.3 is 0 Å². The molecule has 1 fully saturated rings. The molecule has 1 aromatic heterocycles. The smallest absolute Gasteiger partial charge is 0.252 e. The molecule has 176 valence electrons. The third-order valence-corrected chi connectivity index (χ3v) is 7.29. The SMILES string of the molecule is CC.O=C(NCCCNc1ccnc2cc(Cl)ccc12)c1ccccc1SC1CCCCC1. The number of pyridine rings is 1. The molecule has 0 spiro atoms. The number of thioether (sulfide) groups is 1. The third-order valence-electron chi connectivity index (χ3n) is 5.64. The minimum atomic E-state index is 0.0166. The molecule has 1 aliphatic carbocycles. The van der Waals surface area contributed by atoms with Gasteiger partial charge in [-0.2, -0.15) is 0 Å². The summed E-state index contributed by atoms with van der Waals surface area (Å²) in [5.41, 5.74) is 2.70. The van der Waals surface area contributed by atoms with E-state index in [4.69, 9.17) is 11.6 Å². The maximum absolute atomic E-state index is 12.8. The van der Waals surface area contributed by atoms with Crippen LogP contribution in [0.4, 0.5) is 5.69 Å². The molecule has 3 aromatic rings. The zero-order chi connectivity index (χ0) is 23.5. The molecule has 1 amide bonds. The fourth-order valence-corrected chi connectivity index (χ4v) is 5.54. The van der Waals surface area contributed by atoms with Crippen molar-refractivity contribution in [2.75, 3.05) is 18.4 Å². The Morgan fingerprint density at radius 3 is 2.67 bits per heavy atom. The van der Waals surface area contributed by atoms with Crippen molar-refractivity contribution in [3.05, 3.63) is 65.3 Å². The van der Waals surface area contributed by atoms with Crippen LogP contribution in [-0.4, -0.2) is 29.2 Å². The first kappa shape index (κ1) is 25.4. The summed E-state index contributed by atoms with van der Waals surface area (Å²) in [6.45, 7) is 5.39. The van der Waals surface area contributed by atoms with Crippen LogP contribution in [0.15, 0.2) is 59.6 Å². The number of aromatic nitrogens is 1. The Morgan fingerprint density at radius 2 is 1.85 bits per heavy atom. The first-order chi connectivity index (χ1) is 16.2. The van der Waals surface area contributed by atoms with Crippen LogP contribution in [0.1, 0.15) is 62.7 Å². The van der Waals surface area contributed by atoms with E-state index < -0.39 is 0 Å². The fourth-order valence-electron chi connectivity index (χ4n) is 4.00. The monoisotopic (exact) mass is 483 g/mol. The van der Waals surface area contributed by atoms with Crippen LogP contribution in [0.3, 0.4) is 0 Å². The number of nitrogens with zero attached hydrogens (tertiary/aromatic N) is 1. The summed E-state index contributed by atoms with van der Waals surface area (Å²) < 4.78 is 0. The molecule has 2 N–H and O–H groups in total. The van der Waals surface area contributed by atoms with Crippen molar-refractivity contribution in [3.63, 3.8) is 0 Å². The molecular formula is C27H34ClN3OS. The summed E-state index contributed by atoms with van der Waals surface area (Å²) in [5.74, 6) is 0.0166. The lowest BCUT2D eigenvalue weighted by Crippen LogP contribution is -2.26. The largest absolute Gasteiger partial charge is 0.384 e. The van der Waals surface area contributed by atoms with Crippen molar-refractivity contribution in [2.24, 2.45) is 0 Å². The first-order valence-corrected chi connectivity index (χ1v) is 13.3. The van der Waals surface area contributed by atoms with E-state index in [2.05, 4.69) is 21.7 Å². The van der Waals surface area contributed by atoms with Crippen molar-refractivity contribution < 1.29 is 4.79 Å². The Morgan fingerprint density at radius 1 is 1.06 bits per heavy atom. The molecule has 6 heteroatoms. The average molecular weight is 484 g/mol. The standard InChI is InChI=1S/C25H28ClN3OS.C2H6/c26-18-11-12-20-22(13-16-28-23(20)17-18)27-14-6-15-29-25(30)21-9-4-5-10-24(21)31-19-7-2-1-3-8-19;1-2/h4-5,9-13,16-17,19H,1-3,6-8,14-15H2,(H,27,28)(H,29,30);1-2H3. The van der Waals surface area contributed by atoms with Gasteiger partial charge in [0.1, 0.15) is 0 Å². The quantitative estimate of drug-likeness (QED) is 0.324. The number of hydrogen-bond acceptors (Lipinski definition) is 4. The molecule has 0 atom stereocenters. The third kappa shape index (κ3) is 7.38. The number of hydrogen-bond donors (Lipinski definition) is 2. The van der Waals surface area contributed by atoms with E-state index in [-0.39, 0.29) is 5.91 Å². The Bertz CT molecular complexity index is 1040. The Kier molecular flexibility index (Phi) is 10.4. The number of carbonyl (C=O) groups is 1. The van der Waals surface area contributed by atoms with E-state index in [0.29, 0.717) is 16.8 Å². The summed E-state index contributed by atoms with van der Waals surface area (Å²) in [6, 6.07) is 15.7. The molecule has 1 saturated carbocycles. The average Bonchev–Trinajstić information content (AvgIpc) is 2.86. The molecule has 0 unspecified atom stereocenters. The van der Waals surface area contributed by atoms with Gasteiger partial charge in [-0.25, -0.2) is 0 Å². The highest BCUT2D eigenvalue weighted by Gasteiger charge is 2.18. The van der Waals surface area contributed by atoms with Gasteiger partial charge in [0, 0.05) is 45.5 Å². The summed E-state index contributed by atoms with van der Waals surface area (Å²) in [5, 5.41) is 8.90. The van der Waals surface area contributed by atoms with Gasteiger partial charge in [-0.1, -0.05) is 56.8 Å². The molecule has 1 aliphatic rings. The second kappa shape index (κ2) is 13.5. The van der Waals surface area contributed by atoms with Crippen LogP contribution in [0, 0.1) is 0 Å². The maximum Gasteiger partial charge on any atom is 0.252 e. The van der Waals surface area contributed by atoms with Crippen molar-refractivity contribution in [1.29, 1.82) is 0 Å². The minimum absolute atomic E-state index is 0.0166. The van der Waals surface area contributed by atoms with Crippen molar-refractivity contribution in [3.8, 4) is 0 Å². The Labute approximate surface area is 206 Å². The van der Waals surface area contributed by atoms with Crippen molar-refractivity contribution in [2.45, 2.75) is 62.5 Å². The van der Waals surface area contributed by atoms with Gasteiger partial charge in [-0.15, -0.1) is 11.8 Å². The number of benzene rings is 2. The van der Waals surface area contributed by atoms with Crippen LogP contribution >= 0.6 is 23.4 Å². The molecule has 2 aromatic carbocycles. The lowest BCUT2D eigenvalue weighted by atomic mass is 10.0. The van der Waals surface area contributed by atoms with E-state index in [0.717, 1.165) is 40.0 Å². The minimum Gasteiger partial charge on any atom is -0.384 e. The maximum atomic E-state index is 12.8. The Hall–Kier alpha value is -2.24. The first-order valence-electron chi connectivity index (χ1n) is 12.0. The van der Waals surface area contributed by atoms with E-state index >= 15 is 0 Å². The highest BCUT2D eigenvalue weighted by molar-refractivity contribution is 8.00. The number of halogens is 1. The molecule has 1 heterocycles. The normalized spacial score (nSPS) is 13.8. The van der Waals surface area contributed by atoms with Crippen LogP contribution in [0.5, 0.6) is 0 Å². The molecule has 33 heavy (non-hydrogen) atoms. The van der Waals surface area contributed by atoms with Gasteiger partial charge in [0.15, 0.2) is 0 Å². The van der Waals surface area contributed by atoms with Gasteiger partial charge in [-0.05, 0) is 55.7 Å². The zero-order valence-electron chi connectivity index (χ0n) is 19.6. The lowest BCUT2D eigenvalue weighted by molar-refractivity contribution is 0.0950. The van der Waals surface area contributed by atoms with Crippen LogP contribution in [0.2, 0.25) is 5.02 Å². The molecule has 0 radical (unpaired) electrons. The van der Waals surface area contributed by atoms with Gasteiger partial charge < -0.3 is 10.6 Å². The lowest BCUT2D eigenvalue weighted by Gasteiger charge is -2.22. The van der Waals surface area contributed by atoms with E-state index in [9.17, 15) is 4.79 Å². The zero-order valence-corrected chi connectivity index (χ0v) is 21.1. The molecular weight excluding hydrogens is 450 g/mol. The van der Waals surface area contributed by atoms with Gasteiger partial charge in [0.2, 0.25) is 0 Å². The predicted octanol–water partition coefficient (Wildman–Crippen LogP) is 7.57. The van der Waals surface area contributed by atoms with E-state index in [1.165, 1.54) is 32.1 Å². The summed E-state index contributed by atoms with van der Waals surface area (Å²) in [7, 11) is 0. The summed E-state index contributed by atoms with van der Waals surface area (Å²) in [4.78, 5) is 18.3. The predicted molar refractivity (Wildman–Crippen MR) is 143 cm³/mol. The molecule has 4 rings (SSSR count). The molecule has 0 bridgehead atoms. The fraction of sp³-hybridized carbons (Fsp3) is 0.407. The number of nitrogens with one attached hydrogen (secondary N) is 2. The molecule has 0 saturated heterocycles. The van der Waals surface area contributed by atoms with Gasteiger partial charge in [0.25, 0.3) is 5.91 Å². The summed E-state index contributed by atoms with van der Waals surface area (Å²) in [6.07, 6.45) is 9.07. The topological polar surface area (TPSA) is 54.0 Å².